The van der Waals surface area contributed by atoms with E-state index in [1.807, 2.05) is 0 Å². The molecule has 0 aromatic heterocycles. The van der Waals surface area contributed by atoms with E-state index in [9.17, 15) is 79.5 Å². The fourth-order valence-corrected chi connectivity index (χ4v) is 9.80. The van der Waals surface area contributed by atoms with Crippen molar-refractivity contribution in [3.05, 3.63) is 98.1 Å². The van der Waals surface area contributed by atoms with Crippen molar-refractivity contribution >= 4 is 23.1 Å². The highest BCUT2D eigenvalue weighted by Crippen LogP contribution is 2.46. The summed E-state index contributed by atoms with van der Waals surface area (Å²) in [5.41, 5.74) is -5.22. The first kappa shape index (κ1) is 71.4. The molecular formula is C60H92F2N2O18. The Morgan fingerprint density at radius 3 is 1.51 bits per heavy atom. The molecule has 2 heterocycles. The third-order valence-corrected chi connectivity index (χ3v) is 14.9. The lowest BCUT2D eigenvalue weighted by molar-refractivity contribution is -0.387. The zero-order chi connectivity index (χ0) is 60.5. The Morgan fingerprint density at radius 1 is 0.598 bits per heavy atom. The summed E-state index contributed by atoms with van der Waals surface area (Å²) < 4.78 is 50.3. The van der Waals surface area contributed by atoms with E-state index in [0.29, 0.717) is 31.4 Å². The molecule has 2 aliphatic heterocycles. The summed E-state index contributed by atoms with van der Waals surface area (Å²) in [4.78, 5) is 45.5. The quantitative estimate of drug-likeness (QED) is 0.0101. The van der Waals surface area contributed by atoms with Crippen molar-refractivity contribution in [2.24, 2.45) is 0 Å². The molecule has 2 aromatic carbocycles. The predicted molar refractivity (Wildman–Crippen MR) is 301 cm³/mol. The van der Waals surface area contributed by atoms with Crippen molar-refractivity contribution in [1.82, 2.24) is 0 Å². The molecule has 0 spiro atoms. The van der Waals surface area contributed by atoms with Gasteiger partial charge < -0.3 is 59.8 Å². The van der Waals surface area contributed by atoms with Crippen LogP contribution in [0.1, 0.15) is 199 Å². The molecule has 82 heavy (non-hydrogen) atoms. The number of esters is 1. The van der Waals surface area contributed by atoms with Gasteiger partial charge in [0.15, 0.2) is 17.3 Å². The standard InChI is InChI=1S/2C30H46FNO9/c1-2-3-4-5-6-7-8-9-10-11-12-13-14-15-16-17-26(33)39-21-25-27(34)28(35)29(36)30(41-25)40-24-19-18-22(32(37)38)20-23(24)31;1-2-3-4-5-6-7-8-9-10-11-12-13-14-15-16-17-26(34)29(37)28(36)27(35)25(21-33)41-30(29,38)23-19-18-22(32(39)40)20-24(23)31/h9-10,18-20,25,27-30,34-36H,2-8,11-17,21H2,1H3;9-10,18-20,25,27-28,33,35-38H,2-8,11-17,21H2,1H3/b2*10-9-/t2*25-,27-,28+,29-,30-/m11/s1. The van der Waals surface area contributed by atoms with Crippen molar-refractivity contribution in [2.45, 2.75) is 254 Å². The molecule has 0 saturated carbocycles. The summed E-state index contributed by atoms with van der Waals surface area (Å²) >= 11 is 0. The molecule has 0 amide bonds. The van der Waals surface area contributed by atoms with Crippen LogP contribution < -0.4 is 4.74 Å². The monoisotopic (exact) mass is 1170 g/mol. The summed E-state index contributed by atoms with van der Waals surface area (Å²) in [6.07, 6.45) is 23.2. The molecule has 2 aliphatic rings. The zero-order valence-corrected chi connectivity index (χ0v) is 47.9. The first-order valence-electron chi connectivity index (χ1n) is 29.6. The van der Waals surface area contributed by atoms with Gasteiger partial charge in [-0.3, -0.25) is 29.8 Å². The third kappa shape index (κ3) is 22.9. The SMILES string of the molecule is CCCCCCCC/C=C\CCCCCCCC(=O)OC[C@H]1O[C@@H](Oc2ccc([N+](=O)[O-])cc2F)[C@H](O)[C@@H](O)[C@@H]1O.CCCCCCCC/C=C\CCCCCCCC(=O)[C@@]1(O)[C@@H](O)[C@H](O)[C@@H](CO)O[C@]1(O)c1ccc([N+](=O)[O-])cc1F. The number of ether oxygens (including phenoxy) is 4. The van der Waals surface area contributed by atoms with Crippen LogP contribution in [0.25, 0.3) is 0 Å². The van der Waals surface area contributed by atoms with Crippen molar-refractivity contribution in [3.63, 3.8) is 0 Å². The van der Waals surface area contributed by atoms with Crippen molar-refractivity contribution < 1.29 is 88.0 Å². The Balaban J connectivity index is 0.000000430. The molecule has 22 heteroatoms. The Bertz CT molecular complexity index is 2260. The molecular weight excluding hydrogens is 1070 g/mol. The van der Waals surface area contributed by atoms with Crippen LogP contribution >= 0.6 is 0 Å². The lowest BCUT2D eigenvalue weighted by Gasteiger charge is -2.52. The highest BCUT2D eigenvalue weighted by molar-refractivity contribution is 5.89. The van der Waals surface area contributed by atoms with Gasteiger partial charge in [0, 0.05) is 25.0 Å². The molecule has 2 fully saturated rings. The van der Waals surface area contributed by atoms with Crippen LogP contribution in [0, 0.1) is 31.9 Å². The van der Waals surface area contributed by atoms with Crippen molar-refractivity contribution in [1.29, 1.82) is 0 Å². The second-order valence-electron chi connectivity index (χ2n) is 21.4. The minimum Gasteiger partial charge on any atom is -0.463 e. The highest BCUT2D eigenvalue weighted by Gasteiger charge is 2.68. The molecule has 2 aromatic rings. The van der Waals surface area contributed by atoms with Crippen LogP contribution in [0.4, 0.5) is 20.2 Å². The smallest absolute Gasteiger partial charge is 0.305 e. The van der Waals surface area contributed by atoms with Crippen LogP contribution in [0.3, 0.4) is 0 Å². The zero-order valence-electron chi connectivity index (χ0n) is 47.9. The van der Waals surface area contributed by atoms with Gasteiger partial charge in [0.05, 0.1) is 34.1 Å². The number of non-ortho nitro benzene ring substituents is 2. The first-order chi connectivity index (χ1) is 39.3. The predicted octanol–water partition coefficient (Wildman–Crippen LogP) is 9.83. The molecule has 2 saturated heterocycles. The molecule has 0 radical (unpaired) electrons. The van der Waals surface area contributed by atoms with Crippen LogP contribution in [0.5, 0.6) is 5.75 Å². The Morgan fingerprint density at radius 2 is 1.05 bits per heavy atom. The molecule has 20 nitrogen and oxygen atoms in total. The number of carbonyl (C=O) groups is 2. The first-order valence-corrected chi connectivity index (χ1v) is 29.6. The number of benzene rings is 2. The van der Waals surface area contributed by atoms with Crippen LogP contribution in [0.15, 0.2) is 60.7 Å². The lowest BCUT2D eigenvalue weighted by atomic mass is 9.72. The summed E-state index contributed by atoms with van der Waals surface area (Å²) in [5, 5.41) is 106. The molecule has 4 rings (SSSR count). The number of aliphatic hydroxyl groups excluding tert-OH is 6. The Labute approximate surface area is 480 Å². The molecule has 0 unspecified atom stereocenters. The average molecular weight is 1170 g/mol. The van der Waals surface area contributed by atoms with Crippen molar-refractivity contribution in [3.8, 4) is 5.75 Å². The van der Waals surface area contributed by atoms with Gasteiger partial charge in [-0.25, -0.2) is 8.78 Å². The van der Waals surface area contributed by atoms with Gasteiger partial charge >= 0.3 is 5.97 Å². The fourth-order valence-electron chi connectivity index (χ4n) is 9.80. The third-order valence-electron chi connectivity index (χ3n) is 14.9. The Hall–Kier alpha value is -4.88. The summed E-state index contributed by atoms with van der Waals surface area (Å²) in [7, 11) is 0. The topological polar surface area (TPSA) is 319 Å². The number of aliphatic hydroxyl groups is 8. The molecule has 10 atom stereocenters. The van der Waals surface area contributed by atoms with E-state index in [1.54, 1.807) is 0 Å². The van der Waals surface area contributed by atoms with Gasteiger partial charge in [-0.1, -0.05) is 141 Å². The van der Waals surface area contributed by atoms with E-state index in [2.05, 4.69) is 38.2 Å². The largest absolute Gasteiger partial charge is 0.463 e. The van der Waals surface area contributed by atoms with Crippen LogP contribution in [-0.4, -0.2) is 130 Å². The molecule has 0 aliphatic carbocycles. The number of Topliss-reactive ketones (excluding diaryl/α,β-unsaturated/α-hetero) is 1. The number of unbranched alkanes of at least 4 members (excludes halogenated alkanes) is 22. The number of nitrogens with zero attached hydrogens (tertiary/aromatic N) is 2. The minimum atomic E-state index is -3.24. The number of rotatable bonds is 39. The summed E-state index contributed by atoms with van der Waals surface area (Å²) in [6.45, 7) is 3.10. The van der Waals surface area contributed by atoms with E-state index in [-0.39, 0.29) is 12.8 Å². The highest BCUT2D eigenvalue weighted by atomic mass is 19.1. The average Bonchev–Trinajstić information content (AvgIpc) is 2.39. The van der Waals surface area contributed by atoms with Gasteiger partial charge in [-0.05, 0) is 76.3 Å². The van der Waals surface area contributed by atoms with E-state index in [0.717, 1.165) is 94.9 Å². The van der Waals surface area contributed by atoms with Crippen LogP contribution in [-0.2, 0) is 29.6 Å². The van der Waals surface area contributed by atoms with E-state index in [4.69, 9.17) is 18.9 Å². The number of hydrogen-bond donors (Lipinski definition) is 8. The summed E-state index contributed by atoms with van der Waals surface area (Å²) in [6, 6.07) is 4.70. The van der Waals surface area contributed by atoms with Gasteiger partial charge in [-0.15, -0.1) is 0 Å². The number of ketones is 1. The second kappa shape index (κ2) is 38.9. The number of nitro groups is 2. The summed E-state index contributed by atoms with van der Waals surface area (Å²) in [5.74, 6) is -7.73. The van der Waals surface area contributed by atoms with Crippen molar-refractivity contribution in [2.75, 3.05) is 13.2 Å². The number of hydrogen-bond acceptors (Lipinski definition) is 18. The number of nitro benzene ring substituents is 2. The van der Waals surface area contributed by atoms with Crippen LogP contribution in [0.2, 0.25) is 0 Å². The van der Waals surface area contributed by atoms with E-state index in [1.165, 1.54) is 77.0 Å². The number of halogens is 2. The van der Waals surface area contributed by atoms with E-state index >= 15 is 0 Å². The van der Waals surface area contributed by atoms with E-state index < -0.39 is 130 Å². The maximum atomic E-state index is 14.9. The maximum absolute atomic E-state index is 14.9. The normalized spacial score (nSPS) is 24.5. The molecule has 0 bridgehead atoms. The second-order valence-corrected chi connectivity index (χ2v) is 21.4. The molecule has 464 valence electrons. The Kier molecular flexibility index (Phi) is 33.8. The minimum absolute atomic E-state index is 0.195. The van der Waals surface area contributed by atoms with Gasteiger partial charge in [0.1, 0.15) is 55.2 Å². The number of carbonyl (C=O) groups excluding carboxylic acids is 2. The van der Waals surface area contributed by atoms with Gasteiger partial charge in [0.2, 0.25) is 17.7 Å². The van der Waals surface area contributed by atoms with Gasteiger partial charge in [0.25, 0.3) is 11.4 Å². The van der Waals surface area contributed by atoms with Gasteiger partial charge in [-0.2, -0.15) is 0 Å². The fraction of sp³-hybridized carbons (Fsp3) is 0.700. The maximum Gasteiger partial charge on any atom is 0.305 e. The lowest BCUT2D eigenvalue weighted by Crippen LogP contribution is -2.74. The number of allylic oxidation sites excluding steroid dienone is 4. The molecule has 8 N–H and O–H groups in total.